The van der Waals surface area contributed by atoms with E-state index in [0.717, 1.165) is 23.1 Å². The molecule has 0 radical (unpaired) electrons. The molecule has 0 N–H and O–H groups in total. The molecule has 0 amide bonds. The molecule has 1 fully saturated rings. The summed E-state index contributed by atoms with van der Waals surface area (Å²) in [5.74, 6) is 1.74. The van der Waals surface area contributed by atoms with Crippen molar-refractivity contribution < 1.29 is 0 Å². The predicted octanol–water partition coefficient (Wildman–Crippen LogP) is 5.18. The standard InChI is InChI=1S/C14H25Br/c1-5-6-9-14(3,4)12-8-7-11(2)10-13(12)15/h5,11-13H,1,6-10H2,2-4H3. The maximum absolute atomic E-state index is 3.90. The molecule has 0 aliphatic heterocycles. The molecular formula is C14H25Br. The fraction of sp³-hybridized carbons (Fsp3) is 0.857. The lowest BCUT2D eigenvalue weighted by Gasteiger charge is -2.42. The van der Waals surface area contributed by atoms with E-state index < -0.39 is 0 Å². The summed E-state index contributed by atoms with van der Waals surface area (Å²) in [7, 11) is 0. The molecule has 0 bridgehead atoms. The van der Waals surface area contributed by atoms with Crippen LogP contribution in [0, 0.1) is 17.3 Å². The second kappa shape index (κ2) is 5.52. The highest BCUT2D eigenvalue weighted by Gasteiger charge is 2.36. The van der Waals surface area contributed by atoms with Crippen LogP contribution < -0.4 is 0 Å². The first-order chi connectivity index (χ1) is 6.97. The average molecular weight is 273 g/mol. The molecule has 88 valence electrons. The van der Waals surface area contributed by atoms with Crippen molar-refractivity contribution in [2.45, 2.75) is 57.7 Å². The summed E-state index contributed by atoms with van der Waals surface area (Å²) in [5, 5.41) is 0. The Kier molecular flexibility index (Phi) is 4.89. The van der Waals surface area contributed by atoms with E-state index in [-0.39, 0.29) is 0 Å². The SMILES string of the molecule is C=CCCC(C)(C)C1CCC(C)CC1Br. The first kappa shape index (κ1) is 13.3. The van der Waals surface area contributed by atoms with Crippen LogP contribution in [0.4, 0.5) is 0 Å². The molecule has 0 spiro atoms. The molecule has 0 aromatic carbocycles. The molecule has 1 aliphatic carbocycles. The van der Waals surface area contributed by atoms with Crippen LogP contribution in [0.25, 0.3) is 0 Å². The molecule has 3 unspecified atom stereocenters. The number of hydrogen-bond donors (Lipinski definition) is 0. The number of alkyl halides is 1. The monoisotopic (exact) mass is 272 g/mol. The minimum atomic E-state index is 0.461. The lowest BCUT2D eigenvalue weighted by Crippen LogP contribution is -2.35. The van der Waals surface area contributed by atoms with Gasteiger partial charge in [0.05, 0.1) is 0 Å². The van der Waals surface area contributed by atoms with Crippen molar-refractivity contribution in [3.8, 4) is 0 Å². The van der Waals surface area contributed by atoms with Crippen molar-refractivity contribution in [3.63, 3.8) is 0 Å². The van der Waals surface area contributed by atoms with Gasteiger partial charge in [-0.05, 0) is 42.9 Å². The Morgan fingerprint density at radius 1 is 1.40 bits per heavy atom. The molecule has 0 nitrogen and oxygen atoms in total. The fourth-order valence-corrected chi connectivity index (χ4v) is 4.47. The van der Waals surface area contributed by atoms with Gasteiger partial charge in [0.2, 0.25) is 0 Å². The maximum Gasteiger partial charge on any atom is 0.0181 e. The summed E-state index contributed by atoms with van der Waals surface area (Å²) in [5.41, 5.74) is 0.461. The zero-order chi connectivity index (χ0) is 11.5. The van der Waals surface area contributed by atoms with E-state index in [2.05, 4.69) is 49.4 Å². The third kappa shape index (κ3) is 3.62. The number of halogens is 1. The smallest absolute Gasteiger partial charge is 0.0181 e. The Hall–Kier alpha value is 0.220. The number of allylic oxidation sites excluding steroid dienone is 1. The van der Waals surface area contributed by atoms with Gasteiger partial charge in [-0.15, -0.1) is 6.58 Å². The van der Waals surface area contributed by atoms with Crippen molar-refractivity contribution >= 4 is 15.9 Å². The summed E-state index contributed by atoms with van der Waals surface area (Å²) in [6, 6.07) is 0. The average Bonchev–Trinajstić information content (AvgIpc) is 2.14. The normalized spacial score (nSPS) is 32.7. The molecule has 0 aromatic heterocycles. The zero-order valence-electron chi connectivity index (χ0n) is 10.4. The van der Waals surface area contributed by atoms with E-state index in [0.29, 0.717) is 5.41 Å². The maximum atomic E-state index is 3.90. The minimum Gasteiger partial charge on any atom is -0.103 e. The first-order valence-electron chi connectivity index (χ1n) is 6.22. The van der Waals surface area contributed by atoms with Gasteiger partial charge < -0.3 is 0 Å². The van der Waals surface area contributed by atoms with Crippen LogP contribution in [-0.4, -0.2) is 4.83 Å². The van der Waals surface area contributed by atoms with E-state index in [1.807, 2.05) is 0 Å². The van der Waals surface area contributed by atoms with Crippen molar-refractivity contribution in [1.82, 2.24) is 0 Å². The van der Waals surface area contributed by atoms with E-state index in [9.17, 15) is 0 Å². The Bertz CT molecular complexity index is 207. The van der Waals surface area contributed by atoms with Gasteiger partial charge >= 0.3 is 0 Å². The minimum absolute atomic E-state index is 0.461. The van der Waals surface area contributed by atoms with E-state index in [1.165, 1.54) is 25.7 Å². The summed E-state index contributed by atoms with van der Waals surface area (Å²) < 4.78 is 0. The van der Waals surface area contributed by atoms with Crippen molar-refractivity contribution in [2.24, 2.45) is 17.3 Å². The molecule has 1 aliphatic rings. The molecule has 1 heteroatoms. The zero-order valence-corrected chi connectivity index (χ0v) is 12.0. The largest absolute Gasteiger partial charge is 0.103 e. The van der Waals surface area contributed by atoms with Gasteiger partial charge in [-0.2, -0.15) is 0 Å². The Morgan fingerprint density at radius 3 is 2.60 bits per heavy atom. The van der Waals surface area contributed by atoms with Gasteiger partial charge in [-0.25, -0.2) is 0 Å². The Morgan fingerprint density at radius 2 is 2.07 bits per heavy atom. The molecule has 0 aromatic rings. The number of hydrogen-bond acceptors (Lipinski definition) is 0. The van der Waals surface area contributed by atoms with Crippen LogP contribution in [-0.2, 0) is 0 Å². The van der Waals surface area contributed by atoms with Gasteiger partial charge in [-0.1, -0.05) is 49.2 Å². The molecule has 1 rings (SSSR count). The topological polar surface area (TPSA) is 0 Å². The Labute approximate surface area is 104 Å². The summed E-state index contributed by atoms with van der Waals surface area (Å²) >= 11 is 3.90. The van der Waals surface area contributed by atoms with Gasteiger partial charge in [0.15, 0.2) is 0 Å². The molecule has 3 atom stereocenters. The highest BCUT2D eigenvalue weighted by molar-refractivity contribution is 9.09. The summed E-state index contributed by atoms with van der Waals surface area (Å²) in [6.07, 6.45) is 8.63. The fourth-order valence-electron chi connectivity index (χ4n) is 2.85. The van der Waals surface area contributed by atoms with E-state index in [4.69, 9.17) is 0 Å². The number of rotatable bonds is 4. The summed E-state index contributed by atoms with van der Waals surface area (Å²) in [6.45, 7) is 11.0. The second-order valence-electron chi connectivity index (χ2n) is 5.86. The van der Waals surface area contributed by atoms with Crippen LogP contribution in [0.2, 0.25) is 0 Å². The van der Waals surface area contributed by atoms with Crippen LogP contribution in [0.3, 0.4) is 0 Å². The van der Waals surface area contributed by atoms with Crippen molar-refractivity contribution in [1.29, 1.82) is 0 Å². The van der Waals surface area contributed by atoms with Gasteiger partial charge in [0.25, 0.3) is 0 Å². The van der Waals surface area contributed by atoms with Crippen LogP contribution in [0.15, 0.2) is 12.7 Å². The predicted molar refractivity (Wildman–Crippen MR) is 72.4 cm³/mol. The Balaban J connectivity index is 2.57. The molecule has 15 heavy (non-hydrogen) atoms. The van der Waals surface area contributed by atoms with Crippen LogP contribution >= 0.6 is 15.9 Å². The highest BCUT2D eigenvalue weighted by Crippen LogP contribution is 2.45. The third-order valence-corrected chi connectivity index (χ3v) is 5.04. The van der Waals surface area contributed by atoms with Gasteiger partial charge in [0.1, 0.15) is 0 Å². The van der Waals surface area contributed by atoms with Crippen molar-refractivity contribution in [3.05, 3.63) is 12.7 Å². The lowest BCUT2D eigenvalue weighted by molar-refractivity contribution is 0.138. The molecule has 0 saturated heterocycles. The quantitative estimate of drug-likeness (QED) is 0.489. The molecule has 1 saturated carbocycles. The van der Waals surface area contributed by atoms with Gasteiger partial charge in [0, 0.05) is 4.83 Å². The van der Waals surface area contributed by atoms with Crippen molar-refractivity contribution in [2.75, 3.05) is 0 Å². The molecule has 0 heterocycles. The summed E-state index contributed by atoms with van der Waals surface area (Å²) in [4.78, 5) is 0.723. The van der Waals surface area contributed by atoms with Gasteiger partial charge in [-0.3, -0.25) is 0 Å². The van der Waals surface area contributed by atoms with E-state index >= 15 is 0 Å². The van der Waals surface area contributed by atoms with Crippen LogP contribution in [0.5, 0.6) is 0 Å². The highest BCUT2D eigenvalue weighted by atomic mass is 79.9. The second-order valence-corrected chi connectivity index (χ2v) is 7.03. The van der Waals surface area contributed by atoms with E-state index in [1.54, 1.807) is 0 Å². The molecular weight excluding hydrogens is 248 g/mol. The van der Waals surface area contributed by atoms with Crippen LogP contribution in [0.1, 0.15) is 52.9 Å². The first-order valence-corrected chi connectivity index (χ1v) is 7.14. The third-order valence-electron chi connectivity index (χ3n) is 4.03. The lowest BCUT2D eigenvalue weighted by atomic mass is 9.67.